The second-order valence-corrected chi connectivity index (χ2v) is 9.09. The van der Waals surface area contributed by atoms with Crippen LogP contribution in [0.25, 0.3) is 11.1 Å². The van der Waals surface area contributed by atoms with Crippen LogP contribution in [0, 0.1) is 6.92 Å². The molecule has 4 rings (SSSR count). The molecule has 0 unspecified atom stereocenters. The Morgan fingerprint density at radius 3 is 2.24 bits per heavy atom. The van der Waals surface area contributed by atoms with Crippen LogP contribution in [0.1, 0.15) is 81.7 Å². The van der Waals surface area contributed by atoms with Gasteiger partial charge in [0, 0.05) is 11.1 Å². The molecule has 0 atom stereocenters. The molecule has 2 aliphatic carbocycles. The first kappa shape index (κ1) is 26.8. The number of anilines is 1. The number of hydrogen-bond donors (Lipinski definition) is 2. The van der Waals surface area contributed by atoms with E-state index >= 15 is 0 Å². The number of carbonyl (C=O) groups is 4. The Bertz CT molecular complexity index is 1350. The number of imide groups is 1. The number of hydrogen-bond acceptors (Lipinski definition) is 7. The van der Waals surface area contributed by atoms with Gasteiger partial charge in [0.1, 0.15) is 0 Å². The average molecular weight is 519 g/mol. The number of rotatable bonds is 9. The summed E-state index contributed by atoms with van der Waals surface area (Å²) < 4.78 is 10.7. The summed E-state index contributed by atoms with van der Waals surface area (Å²) in [6, 6.07) is 11.2. The Morgan fingerprint density at radius 2 is 1.63 bits per heavy atom. The first-order chi connectivity index (χ1) is 18.3. The van der Waals surface area contributed by atoms with Crippen LogP contribution in [-0.4, -0.2) is 35.7 Å². The molecular formula is C29H30N2O7. The Labute approximate surface area is 220 Å². The monoisotopic (exact) mass is 518 g/mol. The maximum absolute atomic E-state index is 13.6. The molecule has 2 N–H and O–H groups in total. The van der Waals surface area contributed by atoms with Crippen molar-refractivity contribution < 1.29 is 33.9 Å². The summed E-state index contributed by atoms with van der Waals surface area (Å²) in [5.41, 5.74) is 4.96. The van der Waals surface area contributed by atoms with E-state index in [0.29, 0.717) is 28.7 Å². The average Bonchev–Trinajstić information content (AvgIpc) is 3.25. The number of fused-ring (bicyclic) bond motifs is 2. The number of benzene rings is 1. The van der Waals surface area contributed by atoms with E-state index in [0.717, 1.165) is 30.6 Å². The van der Waals surface area contributed by atoms with Crippen molar-refractivity contribution in [3.63, 3.8) is 0 Å². The second kappa shape index (κ2) is 11.4. The molecule has 1 aromatic rings. The molecule has 0 spiro atoms. The highest BCUT2D eigenvalue weighted by atomic mass is 16.7. The maximum Gasteiger partial charge on any atom is 0.513 e. The summed E-state index contributed by atoms with van der Waals surface area (Å²) in [6.45, 7) is 5.59. The van der Waals surface area contributed by atoms with Gasteiger partial charge in [-0.05, 0) is 73.7 Å². The third-order valence-electron chi connectivity index (χ3n) is 6.62. The molecule has 198 valence electrons. The molecule has 0 fully saturated rings. The topological polar surface area (TPSA) is 122 Å². The lowest BCUT2D eigenvalue weighted by atomic mass is 9.99. The second-order valence-electron chi connectivity index (χ2n) is 9.09. The van der Waals surface area contributed by atoms with Crippen LogP contribution in [0.2, 0.25) is 0 Å². The van der Waals surface area contributed by atoms with Crippen molar-refractivity contribution in [2.75, 3.05) is 11.5 Å². The van der Waals surface area contributed by atoms with Gasteiger partial charge in [0.2, 0.25) is 0 Å². The van der Waals surface area contributed by atoms with Crippen molar-refractivity contribution >= 4 is 29.6 Å². The molecular weight excluding hydrogens is 488 g/mol. The fraction of sp³-hybridized carbons (Fsp3) is 0.310. The molecule has 1 heterocycles. The normalized spacial score (nSPS) is 12.6. The first-order valence-corrected chi connectivity index (χ1v) is 12.7. The smallest absolute Gasteiger partial charge is 0.434 e. The van der Waals surface area contributed by atoms with Gasteiger partial charge in [-0.25, -0.2) is 15.2 Å². The van der Waals surface area contributed by atoms with Gasteiger partial charge in [-0.15, -0.1) is 0 Å². The number of carbonyl (C=O) groups excluding carboxylic acids is 4. The van der Waals surface area contributed by atoms with Gasteiger partial charge in [-0.2, -0.15) is 0 Å². The molecule has 9 nitrogen and oxygen atoms in total. The summed E-state index contributed by atoms with van der Waals surface area (Å²) in [4.78, 5) is 53.0. The van der Waals surface area contributed by atoms with Crippen molar-refractivity contribution in [3.05, 3.63) is 70.3 Å². The van der Waals surface area contributed by atoms with Gasteiger partial charge < -0.3 is 9.47 Å². The van der Waals surface area contributed by atoms with Crippen molar-refractivity contribution in [1.29, 1.82) is 0 Å². The maximum atomic E-state index is 13.6. The van der Waals surface area contributed by atoms with E-state index in [1.54, 1.807) is 55.7 Å². The van der Waals surface area contributed by atoms with E-state index < -0.39 is 23.9 Å². The fourth-order valence-corrected chi connectivity index (χ4v) is 4.94. The Balaban J connectivity index is 2.00. The zero-order chi connectivity index (χ0) is 27.4. The van der Waals surface area contributed by atoms with E-state index in [9.17, 15) is 19.2 Å². The Kier molecular flexibility index (Phi) is 8.07. The first-order valence-electron chi connectivity index (χ1n) is 12.7. The number of unbranched alkanes of at least 4 members (excludes halogenated alkanes) is 3. The van der Waals surface area contributed by atoms with E-state index in [4.69, 9.17) is 14.7 Å². The van der Waals surface area contributed by atoms with Crippen molar-refractivity contribution in [2.24, 2.45) is 0 Å². The molecule has 3 amide bonds. The quantitative estimate of drug-likeness (QED) is 0.123. The fourth-order valence-electron chi connectivity index (χ4n) is 4.94. The molecule has 9 heteroatoms. The lowest BCUT2D eigenvalue weighted by molar-refractivity contribution is 0.0706. The van der Waals surface area contributed by atoms with Crippen LogP contribution >= 0.6 is 0 Å². The van der Waals surface area contributed by atoms with E-state index in [1.165, 1.54) is 6.07 Å². The van der Waals surface area contributed by atoms with Gasteiger partial charge in [-0.1, -0.05) is 38.3 Å². The van der Waals surface area contributed by atoms with Gasteiger partial charge in [0.15, 0.2) is 5.75 Å². The molecule has 38 heavy (non-hydrogen) atoms. The molecule has 1 aliphatic heterocycles. The number of hydroxylamine groups is 1. The van der Waals surface area contributed by atoms with E-state index in [2.05, 4.69) is 6.92 Å². The third-order valence-corrected chi connectivity index (χ3v) is 6.62. The van der Waals surface area contributed by atoms with Gasteiger partial charge >= 0.3 is 6.16 Å². The molecule has 0 saturated carbocycles. The van der Waals surface area contributed by atoms with E-state index in [-0.39, 0.29) is 34.7 Å². The standard InChI is InChI=1S/C29H30N2O7/c1-4-6-7-8-13-21-23-17(3)16-18(26(32)30-36)14-15-22(23)25(38-29(35)37-5-2)24(21)31-27(33)19-11-9-10-12-20(19)28(31)34/h9-12,14-16,36H,4-8,13H2,1-3H3,(H,30,32). The molecule has 0 bridgehead atoms. The largest absolute Gasteiger partial charge is 0.513 e. The van der Waals surface area contributed by atoms with E-state index in [1.807, 2.05) is 0 Å². The van der Waals surface area contributed by atoms with Crippen molar-refractivity contribution in [1.82, 2.24) is 5.48 Å². The zero-order valence-corrected chi connectivity index (χ0v) is 21.6. The predicted molar refractivity (Wildman–Crippen MR) is 140 cm³/mol. The molecule has 0 saturated heterocycles. The SMILES string of the molecule is CCCCCCc1c2c(C)cc(C(=O)NO)ccc-2c(OC(=O)OCC)c1N1C(=O)c2ccccc2C1=O. The Hall–Kier alpha value is -4.24. The minimum atomic E-state index is -0.979. The molecule has 3 aliphatic rings. The summed E-state index contributed by atoms with van der Waals surface area (Å²) in [7, 11) is 0. The highest BCUT2D eigenvalue weighted by Gasteiger charge is 2.42. The number of nitrogens with zero attached hydrogens (tertiary/aromatic N) is 1. The summed E-state index contributed by atoms with van der Waals surface area (Å²) in [5.74, 6) is -1.71. The minimum Gasteiger partial charge on any atom is -0.434 e. The summed E-state index contributed by atoms with van der Waals surface area (Å²) in [6.07, 6.45) is 3.25. The van der Waals surface area contributed by atoms with Gasteiger partial charge in [-0.3, -0.25) is 19.6 Å². The van der Waals surface area contributed by atoms with Crippen LogP contribution in [0.15, 0.2) is 42.5 Å². The minimum absolute atomic E-state index is 0.00750. The number of aryl methyl sites for hydroxylation is 1. The highest BCUT2D eigenvalue weighted by Crippen LogP contribution is 2.52. The van der Waals surface area contributed by atoms with Crippen LogP contribution < -0.4 is 15.1 Å². The predicted octanol–water partition coefficient (Wildman–Crippen LogP) is 5.68. The van der Waals surface area contributed by atoms with Crippen molar-refractivity contribution in [2.45, 2.75) is 52.9 Å². The molecule has 0 radical (unpaired) electrons. The molecule has 1 aromatic carbocycles. The van der Waals surface area contributed by atoms with Crippen LogP contribution in [-0.2, 0) is 11.2 Å². The Morgan fingerprint density at radius 1 is 0.947 bits per heavy atom. The number of amides is 3. The lowest BCUT2D eigenvalue weighted by Crippen LogP contribution is -2.30. The summed E-state index contributed by atoms with van der Waals surface area (Å²) in [5, 5.41) is 9.17. The van der Waals surface area contributed by atoms with Gasteiger partial charge in [0.25, 0.3) is 17.7 Å². The zero-order valence-electron chi connectivity index (χ0n) is 21.6. The van der Waals surface area contributed by atoms with Gasteiger partial charge in [0.05, 0.1) is 23.4 Å². The lowest BCUT2D eigenvalue weighted by Gasteiger charge is -2.18. The van der Waals surface area contributed by atoms with Crippen LogP contribution in [0.4, 0.5) is 10.5 Å². The molecule has 0 aromatic heterocycles. The third kappa shape index (κ3) is 4.84. The number of ether oxygens (including phenoxy) is 2. The summed E-state index contributed by atoms with van der Waals surface area (Å²) >= 11 is 0. The van der Waals surface area contributed by atoms with Crippen LogP contribution in [0.3, 0.4) is 0 Å². The number of nitrogens with one attached hydrogen (secondary N) is 1. The van der Waals surface area contributed by atoms with Crippen molar-refractivity contribution in [3.8, 4) is 16.9 Å². The highest BCUT2D eigenvalue weighted by molar-refractivity contribution is 6.35. The van der Waals surface area contributed by atoms with Crippen LogP contribution in [0.5, 0.6) is 5.75 Å².